The Morgan fingerprint density at radius 1 is 1.38 bits per heavy atom. The van der Waals surface area contributed by atoms with Crippen LogP contribution in [0.15, 0.2) is 4.99 Å². The van der Waals surface area contributed by atoms with Crippen LogP contribution in [0.1, 0.15) is 44.3 Å². The van der Waals surface area contributed by atoms with Crippen molar-refractivity contribution in [3.63, 3.8) is 0 Å². The second kappa shape index (κ2) is 8.55. The van der Waals surface area contributed by atoms with Crippen molar-refractivity contribution in [2.45, 2.75) is 52.1 Å². The lowest BCUT2D eigenvalue weighted by Crippen LogP contribution is -2.45. The predicted molar refractivity (Wildman–Crippen MR) is 95.9 cm³/mol. The summed E-state index contributed by atoms with van der Waals surface area (Å²) in [5, 5.41) is 15.0. The van der Waals surface area contributed by atoms with Gasteiger partial charge in [-0.2, -0.15) is 0 Å². The number of nitrogens with one attached hydrogen (secondary N) is 2. The summed E-state index contributed by atoms with van der Waals surface area (Å²) in [6.45, 7) is 4.92. The van der Waals surface area contributed by atoms with Gasteiger partial charge in [-0.3, -0.25) is 4.99 Å². The van der Waals surface area contributed by atoms with Gasteiger partial charge in [0.1, 0.15) is 5.82 Å². The maximum atomic E-state index is 4.30. The van der Waals surface area contributed by atoms with Gasteiger partial charge in [-0.25, -0.2) is 0 Å². The van der Waals surface area contributed by atoms with Crippen LogP contribution in [0.5, 0.6) is 0 Å². The number of halogens is 1. The lowest BCUT2D eigenvalue weighted by Gasteiger charge is -2.28. The summed E-state index contributed by atoms with van der Waals surface area (Å²) in [4.78, 5) is 4.30. The van der Waals surface area contributed by atoms with Crippen molar-refractivity contribution in [1.82, 2.24) is 25.4 Å². The van der Waals surface area contributed by atoms with Crippen LogP contribution in [-0.4, -0.2) is 33.8 Å². The molecule has 2 N–H and O–H groups in total. The lowest BCUT2D eigenvalue weighted by molar-refractivity contribution is 0.324. The second-order valence-electron chi connectivity index (χ2n) is 5.76. The third-order valence-electron chi connectivity index (χ3n) is 4.10. The molecule has 6 nitrogen and oxygen atoms in total. The molecule has 1 saturated carbocycles. The Morgan fingerprint density at radius 3 is 2.71 bits per heavy atom. The molecule has 1 fully saturated rings. The minimum atomic E-state index is 0. The van der Waals surface area contributed by atoms with E-state index in [0.717, 1.165) is 23.5 Å². The Morgan fingerprint density at radius 2 is 2.14 bits per heavy atom. The fraction of sp³-hybridized carbons (Fsp3) is 0.786. The fourth-order valence-electron chi connectivity index (χ4n) is 2.72. The van der Waals surface area contributed by atoms with Gasteiger partial charge in [0, 0.05) is 20.1 Å². The number of hydrogen-bond acceptors (Lipinski definition) is 3. The van der Waals surface area contributed by atoms with Gasteiger partial charge in [-0.05, 0) is 25.7 Å². The van der Waals surface area contributed by atoms with Crippen LogP contribution in [0.3, 0.4) is 0 Å². The Bertz CT molecular complexity index is 470. The first kappa shape index (κ1) is 18.2. The first-order valence-electron chi connectivity index (χ1n) is 7.42. The number of rotatable bonds is 3. The molecule has 1 aliphatic carbocycles. The van der Waals surface area contributed by atoms with E-state index < -0.39 is 0 Å². The Hall–Kier alpha value is -0.860. The molecule has 0 bridgehead atoms. The molecule has 0 spiro atoms. The summed E-state index contributed by atoms with van der Waals surface area (Å²) >= 11 is 0. The van der Waals surface area contributed by atoms with Crippen molar-refractivity contribution in [1.29, 1.82) is 0 Å². The highest BCUT2D eigenvalue weighted by atomic mass is 127. The quantitative estimate of drug-likeness (QED) is 0.458. The Kier molecular flexibility index (Phi) is 7.41. The van der Waals surface area contributed by atoms with Crippen LogP contribution in [0.2, 0.25) is 0 Å². The summed E-state index contributed by atoms with van der Waals surface area (Å²) in [5.74, 6) is 3.50. The average Bonchev–Trinajstić information content (AvgIpc) is 2.75. The van der Waals surface area contributed by atoms with Crippen molar-refractivity contribution in [3.8, 4) is 0 Å². The maximum absolute atomic E-state index is 4.30. The summed E-state index contributed by atoms with van der Waals surface area (Å²) in [6.07, 6.45) is 5.11. The SMILES string of the molecule is CN=C(NCc1nnc(C)n1C)NC1CCCC(C)C1.I. The minimum absolute atomic E-state index is 0. The van der Waals surface area contributed by atoms with Gasteiger partial charge in [0.15, 0.2) is 11.8 Å². The van der Waals surface area contributed by atoms with Crippen molar-refractivity contribution in [2.24, 2.45) is 18.0 Å². The molecule has 0 aromatic carbocycles. The largest absolute Gasteiger partial charge is 0.354 e. The molecule has 0 aliphatic heterocycles. The Balaban J connectivity index is 0.00000220. The molecule has 0 radical (unpaired) electrons. The zero-order valence-corrected chi connectivity index (χ0v) is 15.7. The topological polar surface area (TPSA) is 67.1 Å². The standard InChI is InChI=1S/C14H26N6.HI/c1-10-6-5-7-12(8-10)17-14(15-3)16-9-13-19-18-11(2)20(13)4;/h10,12H,5-9H2,1-4H3,(H2,15,16,17);1H. The number of aryl methyl sites for hydroxylation is 1. The maximum Gasteiger partial charge on any atom is 0.191 e. The van der Waals surface area contributed by atoms with Crippen molar-refractivity contribution in [3.05, 3.63) is 11.6 Å². The minimum Gasteiger partial charge on any atom is -0.354 e. The van der Waals surface area contributed by atoms with E-state index in [1.807, 2.05) is 25.6 Å². The first-order valence-corrected chi connectivity index (χ1v) is 7.42. The average molecular weight is 406 g/mol. The molecule has 1 heterocycles. The highest BCUT2D eigenvalue weighted by molar-refractivity contribution is 14.0. The van der Waals surface area contributed by atoms with E-state index in [1.165, 1.54) is 25.7 Å². The number of nitrogens with zero attached hydrogens (tertiary/aromatic N) is 4. The van der Waals surface area contributed by atoms with Crippen LogP contribution in [0.4, 0.5) is 0 Å². The van der Waals surface area contributed by atoms with Gasteiger partial charge in [-0.15, -0.1) is 34.2 Å². The van der Waals surface area contributed by atoms with E-state index in [4.69, 9.17) is 0 Å². The van der Waals surface area contributed by atoms with Crippen LogP contribution in [0, 0.1) is 12.8 Å². The van der Waals surface area contributed by atoms with E-state index in [2.05, 4.69) is 32.7 Å². The summed E-state index contributed by atoms with van der Waals surface area (Å²) in [6, 6.07) is 0.534. The summed E-state index contributed by atoms with van der Waals surface area (Å²) in [7, 11) is 3.79. The van der Waals surface area contributed by atoms with Gasteiger partial charge in [0.2, 0.25) is 0 Å². The van der Waals surface area contributed by atoms with Crippen LogP contribution in [0.25, 0.3) is 0 Å². The van der Waals surface area contributed by atoms with Gasteiger partial charge in [0.25, 0.3) is 0 Å². The van der Waals surface area contributed by atoms with Crippen LogP contribution >= 0.6 is 24.0 Å². The number of hydrogen-bond donors (Lipinski definition) is 2. The van der Waals surface area contributed by atoms with Crippen LogP contribution in [-0.2, 0) is 13.6 Å². The number of guanidine groups is 1. The first-order chi connectivity index (χ1) is 9.60. The molecular formula is C14H27IN6. The lowest BCUT2D eigenvalue weighted by atomic mass is 9.87. The number of aromatic nitrogens is 3. The van der Waals surface area contributed by atoms with E-state index in [1.54, 1.807) is 0 Å². The highest BCUT2D eigenvalue weighted by Crippen LogP contribution is 2.23. The Labute approximate surface area is 144 Å². The predicted octanol–water partition coefficient (Wildman–Crippen LogP) is 1.99. The molecule has 7 heteroatoms. The van der Waals surface area contributed by atoms with Crippen LogP contribution < -0.4 is 10.6 Å². The third-order valence-corrected chi connectivity index (χ3v) is 4.10. The second-order valence-corrected chi connectivity index (χ2v) is 5.76. The normalized spacial score (nSPS) is 22.6. The molecule has 2 unspecified atom stereocenters. The molecule has 0 saturated heterocycles. The van der Waals surface area contributed by atoms with Crippen molar-refractivity contribution in [2.75, 3.05) is 7.05 Å². The van der Waals surface area contributed by atoms with E-state index in [9.17, 15) is 0 Å². The van der Waals surface area contributed by atoms with Crippen molar-refractivity contribution >= 4 is 29.9 Å². The highest BCUT2D eigenvalue weighted by Gasteiger charge is 2.19. The zero-order valence-electron chi connectivity index (χ0n) is 13.4. The molecular weight excluding hydrogens is 379 g/mol. The van der Waals surface area contributed by atoms with Gasteiger partial charge in [0.05, 0.1) is 6.54 Å². The van der Waals surface area contributed by atoms with Gasteiger partial charge < -0.3 is 15.2 Å². The molecule has 0 amide bonds. The molecule has 1 aliphatic rings. The molecule has 120 valence electrons. The summed E-state index contributed by atoms with van der Waals surface area (Å²) in [5.41, 5.74) is 0. The van der Waals surface area contributed by atoms with E-state index in [0.29, 0.717) is 12.6 Å². The molecule has 21 heavy (non-hydrogen) atoms. The molecule has 1 aromatic rings. The van der Waals surface area contributed by atoms with Crippen molar-refractivity contribution < 1.29 is 0 Å². The molecule has 2 atom stereocenters. The van der Waals surface area contributed by atoms with E-state index in [-0.39, 0.29) is 24.0 Å². The van der Waals surface area contributed by atoms with Gasteiger partial charge in [-0.1, -0.05) is 19.8 Å². The van der Waals surface area contributed by atoms with Gasteiger partial charge >= 0.3 is 0 Å². The molecule has 1 aromatic heterocycles. The zero-order chi connectivity index (χ0) is 14.5. The molecule has 2 rings (SSSR count). The fourth-order valence-corrected chi connectivity index (χ4v) is 2.72. The third kappa shape index (κ3) is 5.12. The summed E-state index contributed by atoms with van der Waals surface area (Å²) < 4.78 is 1.99. The smallest absolute Gasteiger partial charge is 0.191 e. The number of aliphatic imine (C=N–C) groups is 1. The van der Waals surface area contributed by atoms with E-state index >= 15 is 0 Å². The monoisotopic (exact) mass is 406 g/mol.